The highest BCUT2D eigenvalue weighted by Crippen LogP contribution is 2.12. The van der Waals surface area contributed by atoms with Gasteiger partial charge in [0.2, 0.25) is 29.5 Å². The van der Waals surface area contributed by atoms with E-state index in [4.69, 9.17) is 0 Å². The number of rotatable bonds is 19. The van der Waals surface area contributed by atoms with E-state index in [0.717, 1.165) is 11.1 Å². The van der Waals surface area contributed by atoms with Crippen LogP contribution in [0.5, 0.6) is 0 Å². The normalized spacial score (nSPS) is 14.2. The van der Waals surface area contributed by atoms with E-state index in [0.29, 0.717) is 6.42 Å². The molecule has 6 N–H and O–H groups in total. The van der Waals surface area contributed by atoms with Crippen molar-refractivity contribution in [3.8, 4) is 0 Å². The summed E-state index contributed by atoms with van der Waals surface area (Å²) in [5.74, 6) is -4.33. The quantitative estimate of drug-likeness (QED) is 0.132. The molecule has 0 aliphatic rings. The second kappa shape index (κ2) is 19.9. The van der Waals surface area contributed by atoms with Gasteiger partial charge in [-0.25, -0.2) is 4.79 Å². The van der Waals surface area contributed by atoms with Crippen molar-refractivity contribution in [2.24, 2.45) is 17.8 Å². The summed E-state index contributed by atoms with van der Waals surface area (Å²) >= 11 is 0. The zero-order valence-electron chi connectivity index (χ0n) is 29.6. The van der Waals surface area contributed by atoms with Crippen LogP contribution in [0.1, 0.15) is 72.4 Å². The molecule has 0 radical (unpaired) electrons. The fourth-order valence-corrected chi connectivity index (χ4v) is 5.35. The highest BCUT2D eigenvalue weighted by atomic mass is 16.4. The van der Waals surface area contributed by atoms with Crippen LogP contribution in [-0.4, -0.2) is 70.8 Å². The second-order valence-electron chi connectivity index (χ2n) is 13.6. The average molecular weight is 680 g/mol. The summed E-state index contributed by atoms with van der Waals surface area (Å²) in [6.45, 7) is 12.3. The Bertz CT molecular complexity index is 1400. The standard InChI is InChI=1S/C37H53N5O7/c1-22(2)18-28(38-25(7)43)35(46)42-32(24(5)6)36(47)40-30(21-27-16-12-9-13-17-27)33(44)39-29(20-26-14-10-8-11-15-26)34(45)41-31(37(48)49)19-23(3)4/h8-17,22-24,28-32H,18-21H2,1-7H3,(H,38,43)(H,39,44)(H,40,47)(H,41,45)(H,42,46)(H,48,49)/t28-,29-,30-,31-,32-/m0/s1. The van der Waals surface area contributed by atoms with E-state index < -0.39 is 59.8 Å². The molecule has 0 aliphatic heterocycles. The van der Waals surface area contributed by atoms with Gasteiger partial charge in [-0.2, -0.15) is 0 Å². The first-order chi connectivity index (χ1) is 23.1. The Morgan fingerprint density at radius 2 is 0.918 bits per heavy atom. The molecule has 5 atom stereocenters. The number of carbonyl (C=O) groups is 6. The Hall–Kier alpha value is -4.74. The van der Waals surface area contributed by atoms with Gasteiger partial charge in [0, 0.05) is 19.8 Å². The predicted molar refractivity (Wildman–Crippen MR) is 187 cm³/mol. The van der Waals surface area contributed by atoms with Gasteiger partial charge in [-0.1, -0.05) is 102 Å². The number of carbonyl (C=O) groups excluding carboxylic acids is 5. The zero-order chi connectivity index (χ0) is 36.7. The van der Waals surface area contributed by atoms with Crippen molar-refractivity contribution in [2.45, 2.75) is 104 Å². The first-order valence-electron chi connectivity index (χ1n) is 16.9. The van der Waals surface area contributed by atoms with E-state index in [9.17, 15) is 33.9 Å². The molecule has 268 valence electrons. The lowest BCUT2D eigenvalue weighted by atomic mass is 9.98. The van der Waals surface area contributed by atoms with Gasteiger partial charge in [-0.3, -0.25) is 24.0 Å². The molecule has 0 aromatic heterocycles. The van der Waals surface area contributed by atoms with Crippen LogP contribution in [-0.2, 0) is 41.6 Å². The molecule has 0 heterocycles. The lowest BCUT2D eigenvalue weighted by molar-refractivity contribution is -0.142. The lowest BCUT2D eigenvalue weighted by Crippen LogP contribution is -2.60. The van der Waals surface area contributed by atoms with Crippen LogP contribution in [0.15, 0.2) is 60.7 Å². The molecule has 12 nitrogen and oxygen atoms in total. The Morgan fingerprint density at radius 1 is 0.531 bits per heavy atom. The topological polar surface area (TPSA) is 183 Å². The number of hydrogen-bond acceptors (Lipinski definition) is 6. The highest BCUT2D eigenvalue weighted by molar-refractivity contribution is 5.96. The molecule has 0 fully saturated rings. The molecule has 2 aromatic rings. The fraction of sp³-hybridized carbons (Fsp3) is 0.514. The average Bonchev–Trinajstić information content (AvgIpc) is 3.02. The van der Waals surface area contributed by atoms with Crippen molar-refractivity contribution < 1.29 is 33.9 Å². The van der Waals surface area contributed by atoms with Crippen LogP contribution >= 0.6 is 0 Å². The number of benzene rings is 2. The van der Waals surface area contributed by atoms with Gasteiger partial charge in [-0.15, -0.1) is 0 Å². The van der Waals surface area contributed by atoms with Crippen molar-refractivity contribution in [3.63, 3.8) is 0 Å². The largest absolute Gasteiger partial charge is 0.480 e. The van der Waals surface area contributed by atoms with Gasteiger partial charge in [0.05, 0.1) is 0 Å². The van der Waals surface area contributed by atoms with E-state index in [-0.39, 0.29) is 42.9 Å². The number of carboxylic acids is 1. The van der Waals surface area contributed by atoms with Crippen LogP contribution in [0.2, 0.25) is 0 Å². The monoisotopic (exact) mass is 679 g/mol. The van der Waals surface area contributed by atoms with Crippen molar-refractivity contribution >= 4 is 35.5 Å². The molecule has 5 amide bonds. The third-order valence-electron chi connectivity index (χ3n) is 7.80. The van der Waals surface area contributed by atoms with Gasteiger partial charge in [0.25, 0.3) is 0 Å². The predicted octanol–water partition coefficient (Wildman–Crippen LogP) is 2.75. The maximum atomic E-state index is 14.0. The first kappa shape index (κ1) is 40.4. The van der Waals surface area contributed by atoms with E-state index in [1.165, 1.54) is 6.92 Å². The van der Waals surface area contributed by atoms with E-state index in [1.54, 1.807) is 62.4 Å². The Kier molecular flexibility index (Phi) is 16.4. The summed E-state index contributed by atoms with van der Waals surface area (Å²) in [6.07, 6.45) is 0.705. The van der Waals surface area contributed by atoms with Crippen LogP contribution in [0.25, 0.3) is 0 Å². The van der Waals surface area contributed by atoms with E-state index in [2.05, 4.69) is 26.6 Å². The fourth-order valence-electron chi connectivity index (χ4n) is 5.35. The summed E-state index contributed by atoms with van der Waals surface area (Å²) in [7, 11) is 0. The maximum Gasteiger partial charge on any atom is 0.326 e. The van der Waals surface area contributed by atoms with Crippen molar-refractivity contribution in [2.75, 3.05) is 0 Å². The lowest BCUT2D eigenvalue weighted by Gasteiger charge is -2.29. The van der Waals surface area contributed by atoms with Gasteiger partial charge in [-0.05, 0) is 41.7 Å². The Balaban J connectivity index is 2.39. The molecule has 0 bridgehead atoms. The molecule has 0 spiro atoms. The number of carboxylic acid groups (broad SMARTS) is 1. The number of aliphatic carboxylic acids is 1. The van der Waals surface area contributed by atoms with Gasteiger partial charge < -0.3 is 31.7 Å². The van der Waals surface area contributed by atoms with Crippen LogP contribution < -0.4 is 26.6 Å². The molecule has 12 heteroatoms. The second-order valence-corrected chi connectivity index (χ2v) is 13.6. The van der Waals surface area contributed by atoms with Crippen LogP contribution in [0.4, 0.5) is 0 Å². The molecule has 0 aliphatic carbocycles. The molecule has 0 saturated carbocycles. The van der Waals surface area contributed by atoms with E-state index >= 15 is 0 Å². The summed E-state index contributed by atoms with van der Waals surface area (Å²) in [5.41, 5.74) is 1.47. The molecule has 2 aromatic carbocycles. The molecule has 0 saturated heterocycles. The molecular formula is C37H53N5O7. The zero-order valence-corrected chi connectivity index (χ0v) is 29.6. The van der Waals surface area contributed by atoms with Gasteiger partial charge in [0.15, 0.2) is 0 Å². The third-order valence-corrected chi connectivity index (χ3v) is 7.80. The van der Waals surface area contributed by atoms with Gasteiger partial charge in [0.1, 0.15) is 30.2 Å². The number of amides is 5. The van der Waals surface area contributed by atoms with Crippen molar-refractivity contribution in [1.29, 1.82) is 0 Å². The summed E-state index contributed by atoms with van der Waals surface area (Å²) in [5, 5.41) is 23.3. The van der Waals surface area contributed by atoms with Crippen LogP contribution in [0.3, 0.4) is 0 Å². The number of hydrogen-bond donors (Lipinski definition) is 6. The molecular weight excluding hydrogens is 626 g/mol. The minimum Gasteiger partial charge on any atom is -0.480 e. The Morgan fingerprint density at radius 3 is 1.31 bits per heavy atom. The van der Waals surface area contributed by atoms with Gasteiger partial charge >= 0.3 is 5.97 Å². The minimum absolute atomic E-state index is 0.0117. The Labute approximate surface area is 289 Å². The SMILES string of the molecule is CC(=O)N[C@@H](CC(C)C)C(=O)N[C@H](C(=O)N[C@@H](Cc1ccccc1)C(=O)N[C@@H](Cc1ccccc1)C(=O)N[C@@H](CC(C)C)C(=O)O)C(C)C. The van der Waals surface area contributed by atoms with Crippen molar-refractivity contribution in [3.05, 3.63) is 71.8 Å². The van der Waals surface area contributed by atoms with E-state index in [1.807, 2.05) is 39.8 Å². The smallest absolute Gasteiger partial charge is 0.326 e. The highest BCUT2D eigenvalue weighted by Gasteiger charge is 2.34. The molecule has 0 unspecified atom stereocenters. The summed E-state index contributed by atoms with van der Waals surface area (Å²) in [4.78, 5) is 78.4. The minimum atomic E-state index is -1.18. The first-order valence-corrected chi connectivity index (χ1v) is 16.9. The molecule has 2 rings (SSSR count). The third kappa shape index (κ3) is 14.5. The maximum absolute atomic E-state index is 14.0. The van der Waals surface area contributed by atoms with Crippen LogP contribution in [0, 0.1) is 17.8 Å². The number of nitrogens with one attached hydrogen (secondary N) is 5. The molecule has 49 heavy (non-hydrogen) atoms. The van der Waals surface area contributed by atoms with Crippen molar-refractivity contribution in [1.82, 2.24) is 26.6 Å². The summed E-state index contributed by atoms with van der Waals surface area (Å²) in [6, 6.07) is 12.6. The summed E-state index contributed by atoms with van der Waals surface area (Å²) < 4.78 is 0.